The van der Waals surface area contributed by atoms with Gasteiger partial charge in [-0.15, -0.1) is 11.3 Å². The first-order chi connectivity index (χ1) is 7.65. The maximum absolute atomic E-state index is 11.8. The van der Waals surface area contributed by atoms with E-state index in [1.165, 1.54) is 11.3 Å². The Bertz CT molecular complexity index is 404. The van der Waals surface area contributed by atoms with E-state index < -0.39 is 0 Å². The van der Waals surface area contributed by atoms with Crippen LogP contribution in [-0.4, -0.2) is 22.7 Å². The monoisotopic (exact) mass is 238 g/mol. The van der Waals surface area contributed by atoms with E-state index >= 15 is 0 Å². The molecule has 0 unspecified atom stereocenters. The summed E-state index contributed by atoms with van der Waals surface area (Å²) in [7, 11) is 0. The quantitative estimate of drug-likeness (QED) is 0.853. The molecule has 1 heterocycles. The van der Waals surface area contributed by atoms with Crippen molar-refractivity contribution in [1.29, 1.82) is 0 Å². The number of Topliss-reactive ketones (excluding diaryl/α,β-unsaturated/α-hetero) is 1. The maximum Gasteiger partial charge on any atom is 0.263 e. The van der Waals surface area contributed by atoms with Crippen LogP contribution < -0.4 is 5.32 Å². The summed E-state index contributed by atoms with van der Waals surface area (Å²) in [6.07, 6.45) is 4.31. The minimum absolute atomic E-state index is 0.0649. The molecule has 86 valence electrons. The van der Waals surface area contributed by atoms with Gasteiger partial charge in [-0.25, -0.2) is 4.98 Å². The summed E-state index contributed by atoms with van der Waals surface area (Å²) in [5.41, 5.74) is 0. The van der Waals surface area contributed by atoms with Crippen LogP contribution >= 0.6 is 11.3 Å². The minimum Gasteiger partial charge on any atom is -0.349 e. The zero-order valence-corrected chi connectivity index (χ0v) is 9.97. The molecule has 1 aliphatic rings. The standard InChI is InChI=1S/C11H14N2O2S/c1-7-12-6-10(16-7)11(15)13-8-2-4-9(14)5-3-8/h6,8H,2-5H2,1H3,(H,13,15). The number of rotatable bonds is 2. The van der Waals surface area contributed by atoms with Gasteiger partial charge in [-0.05, 0) is 19.8 Å². The molecule has 1 saturated carbocycles. The third kappa shape index (κ3) is 2.66. The van der Waals surface area contributed by atoms with Crippen molar-refractivity contribution in [3.63, 3.8) is 0 Å². The number of hydrogen-bond acceptors (Lipinski definition) is 4. The maximum atomic E-state index is 11.8. The number of nitrogens with zero attached hydrogens (tertiary/aromatic N) is 1. The summed E-state index contributed by atoms with van der Waals surface area (Å²) in [6, 6.07) is 0.146. The lowest BCUT2D eigenvalue weighted by Gasteiger charge is -2.21. The van der Waals surface area contributed by atoms with E-state index in [2.05, 4.69) is 10.3 Å². The number of thiazole rings is 1. The molecular formula is C11H14N2O2S. The zero-order valence-electron chi connectivity index (χ0n) is 9.16. The Morgan fingerprint density at radius 1 is 1.50 bits per heavy atom. The van der Waals surface area contributed by atoms with E-state index in [1.54, 1.807) is 6.20 Å². The van der Waals surface area contributed by atoms with Gasteiger partial charge in [0.25, 0.3) is 5.91 Å². The summed E-state index contributed by atoms with van der Waals surface area (Å²) < 4.78 is 0. The second-order valence-electron chi connectivity index (χ2n) is 4.03. The van der Waals surface area contributed by atoms with Gasteiger partial charge in [0.05, 0.1) is 11.2 Å². The van der Waals surface area contributed by atoms with Gasteiger partial charge < -0.3 is 5.32 Å². The second kappa shape index (κ2) is 4.74. The average molecular weight is 238 g/mol. The van der Waals surface area contributed by atoms with Crippen LogP contribution in [0.25, 0.3) is 0 Å². The molecule has 1 aromatic rings. The molecule has 4 nitrogen and oxygen atoms in total. The van der Waals surface area contributed by atoms with Crippen molar-refractivity contribution in [3.05, 3.63) is 16.1 Å². The van der Waals surface area contributed by atoms with Crippen molar-refractivity contribution in [1.82, 2.24) is 10.3 Å². The third-order valence-corrected chi connectivity index (χ3v) is 3.64. The molecule has 0 aromatic carbocycles. The number of hydrogen-bond donors (Lipinski definition) is 1. The van der Waals surface area contributed by atoms with E-state index in [0.717, 1.165) is 17.8 Å². The molecule has 0 aliphatic heterocycles. The number of carbonyl (C=O) groups is 2. The van der Waals surface area contributed by atoms with Crippen LogP contribution in [0.15, 0.2) is 6.20 Å². The summed E-state index contributed by atoms with van der Waals surface area (Å²) in [6.45, 7) is 1.88. The largest absolute Gasteiger partial charge is 0.349 e. The molecule has 0 spiro atoms. The first-order valence-electron chi connectivity index (χ1n) is 5.40. The average Bonchev–Trinajstić information content (AvgIpc) is 2.68. The van der Waals surface area contributed by atoms with Crippen molar-refractivity contribution in [2.24, 2.45) is 0 Å². The third-order valence-electron chi connectivity index (χ3n) is 2.72. The Labute approximate surface area is 98.1 Å². The van der Waals surface area contributed by atoms with Crippen LogP contribution in [0.2, 0.25) is 0 Å². The van der Waals surface area contributed by atoms with Crippen molar-refractivity contribution in [2.75, 3.05) is 0 Å². The van der Waals surface area contributed by atoms with Gasteiger partial charge in [-0.2, -0.15) is 0 Å². The minimum atomic E-state index is -0.0649. The van der Waals surface area contributed by atoms with Crippen LogP contribution in [0, 0.1) is 6.92 Å². The summed E-state index contributed by atoms with van der Waals surface area (Å²) in [4.78, 5) is 27.5. The van der Waals surface area contributed by atoms with E-state index in [9.17, 15) is 9.59 Å². The first-order valence-corrected chi connectivity index (χ1v) is 6.22. The molecular weight excluding hydrogens is 224 g/mol. The Morgan fingerprint density at radius 3 is 2.75 bits per heavy atom. The zero-order chi connectivity index (χ0) is 11.5. The number of amides is 1. The van der Waals surface area contributed by atoms with Crippen molar-refractivity contribution in [3.8, 4) is 0 Å². The van der Waals surface area contributed by atoms with E-state index in [1.807, 2.05) is 6.92 Å². The molecule has 1 N–H and O–H groups in total. The molecule has 0 radical (unpaired) electrons. The van der Waals surface area contributed by atoms with Gasteiger partial charge >= 0.3 is 0 Å². The predicted octanol–water partition coefficient (Wildman–Crippen LogP) is 1.69. The summed E-state index contributed by atoms with van der Waals surface area (Å²) in [5, 5.41) is 3.84. The SMILES string of the molecule is Cc1ncc(C(=O)NC2CCC(=O)CC2)s1. The number of nitrogens with one attached hydrogen (secondary N) is 1. The molecule has 2 rings (SSSR count). The molecule has 1 aliphatic carbocycles. The van der Waals surface area contributed by atoms with Crippen LogP contribution in [-0.2, 0) is 4.79 Å². The molecule has 1 aromatic heterocycles. The summed E-state index contributed by atoms with van der Waals surface area (Å²) in [5.74, 6) is 0.240. The van der Waals surface area contributed by atoms with Crippen LogP contribution in [0.1, 0.15) is 40.4 Å². The van der Waals surface area contributed by atoms with Crippen molar-refractivity contribution in [2.45, 2.75) is 38.6 Å². The van der Waals surface area contributed by atoms with Crippen LogP contribution in [0.4, 0.5) is 0 Å². The van der Waals surface area contributed by atoms with E-state index in [0.29, 0.717) is 23.5 Å². The molecule has 0 bridgehead atoms. The second-order valence-corrected chi connectivity index (χ2v) is 5.26. The van der Waals surface area contributed by atoms with Crippen molar-refractivity contribution < 1.29 is 9.59 Å². The molecule has 1 fully saturated rings. The van der Waals surface area contributed by atoms with Crippen LogP contribution in [0.3, 0.4) is 0 Å². The predicted molar refractivity (Wildman–Crippen MR) is 61.6 cm³/mol. The smallest absolute Gasteiger partial charge is 0.263 e. The lowest BCUT2D eigenvalue weighted by Crippen LogP contribution is -2.37. The van der Waals surface area contributed by atoms with Gasteiger partial charge in [-0.3, -0.25) is 9.59 Å². The van der Waals surface area contributed by atoms with E-state index in [-0.39, 0.29) is 11.9 Å². The lowest BCUT2D eigenvalue weighted by atomic mass is 9.94. The number of ketones is 1. The Kier molecular flexibility index (Phi) is 3.33. The van der Waals surface area contributed by atoms with Crippen molar-refractivity contribution >= 4 is 23.0 Å². The van der Waals surface area contributed by atoms with Gasteiger partial charge in [-0.1, -0.05) is 0 Å². The van der Waals surface area contributed by atoms with Gasteiger partial charge in [0, 0.05) is 18.9 Å². The highest BCUT2D eigenvalue weighted by Gasteiger charge is 2.21. The number of aromatic nitrogens is 1. The first kappa shape index (κ1) is 11.3. The summed E-state index contributed by atoms with van der Waals surface area (Å²) >= 11 is 1.39. The molecule has 0 atom stereocenters. The highest BCUT2D eigenvalue weighted by atomic mass is 32.1. The molecule has 1 amide bonds. The topological polar surface area (TPSA) is 59.1 Å². The highest BCUT2D eigenvalue weighted by Crippen LogP contribution is 2.17. The fourth-order valence-electron chi connectivity index (χ4n) is 1.81. The van der Waals surface area contributed by atoms with Crippen LogP contribution in [0.5, 0.6) is 0 Å². The number of carbonyl (C=O) groups excluding carboxylic acids is 2. The fraction of sp³-hybridized carbons (Fsp3) is 0.545. The molecule has 16 heavy (non-hydrogen) atoms. The fourth-order valence-corrected chi connectivity index (χ4v) is 2.49. The van der Waals surface area contributed by atoms with Gasteiger partial charge in [0.2, 0.25) is 0 Å². The highest BCUT2D eigenvalue weighted by molar-refractivity contribution is 7.13. The molecule has 0 saturated heterocycles. The van der Waals surface area contributed by atoms with Gasteiger partial charge in [0.1, 0.15) is 10.7 Å². The lowest BCUT2D eigenvalue weighted by molar-refractivity contribution is -0.120. The Morgan fingerprint density at radius 2 is 2.19 bits per heavy atom. The Hall–Kier alpha value is -1.23. The Balaban J connectivity index is 1.90. The van der Waals surface area contributed by atoms with Gasteiger partial charge in [0.15, 0.2) is 0 Å². The normalized spacial score (nSPS) is 17.4. The molecule has 5 heteroatoms. The number of aryl methyl sites for hydroxylation is 1. The van der Waals surface area contributed by atoms with E-state index in [4.69, 9.17) is 0 Å².